The summed E-state index contributed by atoms with van der Waals surface area (Å²) in [5.74, 6) is 0.924. The minimum absolute atomic E-state index is 0.208. The summed E-state index contributed by atoms with van der Waals surface area (Å²) in [5.41, 5.74) is 4.46. The van der Waals surface area contributed by atoms with E-state index < -0.39 is 0 Å². The van der Waals surface area contributed by atoms with E-state index in [-0.39, 0.29) is 5.41 Å². The lowest BCUT2D eigenvalue weighted by Gasteiger charge is -2.39. The number of ether oxygens (including phenoxy) is 1. The molecule has 124 valence electrons. The van der Waals surface area contributed by atoms with Crippen LogP contribution in [0, 0.1) is 12.3 Å². The van der Waals surface area contributed by atoms with E-state index in [0.717, 1.165) is 46.1 Å². The van der Waals surface area contributed by atoms with E-state index in [1.807, 2.05) is 30.5 Å². The molecule has 3 aromatic rings. The molecule has 0 atom stereocenters. The number of hydrogen-bond donors (Lipinski definition) is 1. The highest BCUT2D eigenvalue weighted by atomic mass is 35.5. The Morgan fingerprint density at radius 3 is 2.88 bits per heavy atom. The van der Waals surface area contributed by atoms with Crippen LogP contribution in [0.5, 0.6) is 5.75 Å². The van der Waals surface area contributed by atoms with Crippen LogP contribution in [0.25, 0.3) is 21.3 Å². The monoisotopic (exact) mass is 358 g/mol. The molecule has 0 saturated carbocycles. The summed E-state index contributed by atoms with van der Waals surface area (Å²) in [6.45, 7) is 7.00. The van der Waals surface area contributed by atoms with Gasteiger partial charge in [-0.2, -0.15) is 0 Å². The molecule has 1 saturated heterocycles. The van der Waals surface area contributed by atoms with Crippen molar-refractivity contribution < 1.29 is 4.74 Å². The van der Waals surface area contributed by atoms with Crippen molar-refractivity contribution in [2.24, 2.45) is 5.41 Å². The van der Waals surface area contributed by atoms with Gasteiger partial charge in [-0.1, -0.05) is 18.5 Å². The molecule has 1 aliphatic heterocycles. The number of halogens is 1. The van der Waals surface area contributed by atoms with Gasteiger partial charge in [0.1, 0.15) is 5.75 Å². The van der Waals surface area contributed by atoms with Crippen LogP contribution in [0.1, 0.15) is 12.5 Å². The number of nitrogens with one attached hydrogen (secondary N) is 1. The first kappa shape index (κ1) is 15.9. The maximum absolute atomic E-state index is 6.35. The second-order valence-corrected chi connectivity index (χ2v) is 8.15. The maximum Gasteiger partial charge on any atom is 0.130 e. The standard InChI is InChI=1S/C19H19ClN2OS/c1-12-7-13(20)8-15(17(12)23-11-19(2)9-21-10-19)14-3-5-22-16-4-6-24-18(14)16/h3-8,21H,9-11H2,1-2H3. The van der Waals surface area contributed by atoms with Crippen molar-refractivity contribution in [1.82, 2.24) is 10.3 Å². The van der Waals surface area contributed by atoms with E-state index in [1.165, 1.54) is 4.70 Å². The molecule has 0 bridgehead atoms. The van der Waals surface area contributed by atoms with Gasteiger partial charge in [0.15, 0.2) is 0 Å². The number of thiophene rings is 1. The van der Waals surface area contributed by atoms with Gasteiger partial charge in [0.25, 0.3) is 0 Å². The molecular weight excluding hydrogens is 340 g/mol. The topological polar surface area (TPSA) is 34.1 Å². The summed E-state index contributed by atoms with van der Waals surface area (Å²) in [6.07, 6.45) is 1.85. The number of rotatable bonds is 4. The lowest BCUT2D eigenvalue weighted by molar-refractivity contribution is 0.102. The Morgan fingerprint density at radius 1 is 1.29 bits per heavy atom. The summed E-state index contributed by atoms with van der Waals surface area (Å²) >= 11 is 8.05. The first-order valence-electron chi connectivity index (χ1n) is 8.02. The SMILES string of the molecule is Cc1cc(Cl)cc(-c2ccnc3ccsc23)c1OCC1(C)CNC1. The fraction of sp³-hybridized carbons (Fsp3) is 0.316. The summed E-state index contributed by atoms with van der Waals surface area (Å²) in [6, 6.07) is 8.06. The van der Waals surface area contributed by atoms with Crippen molar-refractivity contribution in [2.75, 3.05) is 19.7 Å². The van der Waals surface area contributed by atoms with E-state index in [2.05, 4.69) is 29.5 Å². The largest absolute Gasteiger partial charge is 0.492 e. The molecule has 0 spiro atoms. The van der Waals surface area contributed by atoms with Crippen LogP contribution in [0.2, 0.25) is 5.02 Å². The van der Waals surface area contributed by atoms with Crippen LogP contribution >= 0.6 is 22.9 Å². The van der Waals surface area contributed by atoms with Crippen LogP contribution in [0.15, 0.2) is 35.8 Å². The number of nitrogens with zero attached hydrogens (tertiary/aromatic N) is 1. The van der Waals surface area contributed by atoms with E-state index >= 15 is 0 Å². The second-order valence-electron chi connectivity index (χ2n) is 6.80. The molecular formula is C19H19ClN2OS. The second kappa shape index (κ2) is 6.03. The summed E-state index contributed by atoms with van der Waals surface area (Å²) in [4.78, 5) is 4.44. The average molecular weight is 359 g/mol. The normalized spacial score (nSPS) is 16.1. The fourth-order valence-corrected chi connectivity index (χ4v) is 4.26. The molecule has 1 aliphatic rings. The molecule has 0 aliphatic carbocycles. The first-order valence-corrected chi connectivity index (χ1v) is 9.28. The molecule has 3 nitrogen and oxygen atoms in total. The fourth-order valence-electron chi connectivity index (χ4n) is 3.11. The quantitative estimate of drug-likeness (QED) is 0.719. The summed E-state index contributed by atoms with van der Waals surface area (Å²) in [7, 11) is 0. The summed E-state index contributed by atoms with van der Waals surface area (Å²) < 4.78 is 7.46. The molecule has 0 amide bonds. The molecule has 2 aromatic heterocycles. The minimum Gasteiger partial charge on any atom is -0.492 e. The van der Waals surface area contributed by atoms with Crippen molar-refractivity contribution in [3.63, 3.8) is 0 Å². The molecule has 4 rings (SSSR count). The smallest absolute Gasteiger partial charge is 0.130 e. The number of fused-ring (bicyclic) bond motifs is 1. The Kier molecular flexibility index (Phi) is 3.99. The number of hydrogen-bond acceptors (Lipinski definition) is 4. The molecule has 0 unspecified atom stereocenters. The van der Waals surface area contributed by atoms with Crippen molar-refractivity contribution >= 4 is 33.2 Å². The molecule has 24 heavy (non-hydrogen) atoms. The molecule has 3 heterocycles. The van der Waals surface area contributed by atoms with Gasteiger partial charge in [-0.3, -0.25) is 4.98 Å². The zero-order valence-electron chi connectivity index (χ0n) is 13.7. The molecule has 0 radical (unpaired) electrons. The van der Waals surface area contributed by atoms with Crippen molar-refractivity contribution in [2.45, 2.75) is 13.8 Å². The van der Waals surface area contributed by atoms with Crippen LogP contribution in [-0.2, 0) is 0 Å². The molecule has 5 heteroatoms. The van der Waals surface area contributed by atoms with Gasteiger partial charge in [0.05, 0.1) is 16.8 Å². The van der Waals surface area contributed by atoms with E-state index in [9.17, 15) is 0 Å². The first-order chi connectivity index (χ1) is 11.6. The van der Waals surface area contributed by atoms with Crippen molar-refractivity contribution in [3.8, 4) is 16.9 Å². The number of aryl methyl sites for hydroxylation is 1. The van der Waals surface area contributed by atoms with E-state index in [1.54, 1.807) is 11.3 Å². The van der Waals surface area contributed by atoms with Crippen molar-refractivity contribution in [3.05, 3.63) is 46.4 Å². The molecule has 1 N–H and O–H groups in total. The Hall–Kier alpha value is -1.62. The lowest BCUT2D eigenvalue weighted by atomic mass is 9.85. The highest BCUT2D eigenvalue weighted by Gasteiger charge is 2.33. The predicted molar refractivity (Wildman–Crippen MR) is 101 cm³/mol. The van der Waals surface area contributed by atoms with Crippen LogP contribution < -0.4 is 10.1 Å². The van der Waals surface area contributed by atoms with Gasteiger partial charge in [-0.25, -0.2) is 0 Å². The van der Waals surface area contributed by atoms with Gasteiger partial charge in [-0.05, 0) is 42.1 Å². The van der Waals surface area contributed by atoms with Crippen LogP contribution in [0.3, 0.4) is 0 Å². The van der Waals surface area contributed by atoms with Crippen LogP contribution in [0.4, 0.5) is 0 Å². The Bertz CT molecular complexity index is 902. The van der Waals surface area contributed by atoms with Gasteiger partial charge in [0, 0.05) is 40.9 Å². The third-order valence-electron chi connectivity index (χ3n) is 4.54. The van der Waals surface area contributed by atoms with Crippen molar-refractivity contribution in [1.29, 1.82) is 0 Å². The Labute approximate surface area is 150 Å². The van der Waals surface area contributed by atoms with Crippen LogP contribution in [-0.4, -0.2) is 24.7 Å². The highest BCUT2D eigenvalue weighted by molar-refractivity contribution is 7.17. The third kappa shape index (κ3) is 2.79. The zero-order valence-corrected chi connectivity index (χ0v) is 15.3. The number of benzene rings is 1. The van der Waals surface area contributed by atoms with E-state index in [4.69, 9.17) is 16.3 Å². The number of aromatic nitrogens is 1. The average Bonchev–Trinajstić information content (AvgIpc) is 3.00. The maximum atomic E-state index is 6.35. The molecule has 1 aromatic carbocycles. The molecule has 1 fully saturated rings. The van der Waals surface area contributed by atoms with Gasteiger partial charge in [0.2, 0.25) is 0 Å². The van der Waals surface area contributed by atoms with Gasteiger partial charge < -0.3 is 10.1 Å². The van der Waals surface area contributed by atoms with Gasteiger partial charge in [-0.15, -0.1) is 11.3 Å². The predicted octanol–water partition coefficient (Wildman–Crippen LogP) is 4.91. The Morgan fingerprint density at radius 2 is 2.12 bits per heavy atom. The lowest BCUT2D eigenvalue weighted by Crippen LogP contribution is -2.54. The van der Waals surface area contributed by atoms with Gasteiger partial charge >= 0.3 is 0 Å². The number of pyridine rings is 1. The minimum atomic E-state index is 0.208. The van der Waals surface area contributed by atoms with E-state index in [0.29, 0.717) is 6.61 Å². The summed E-state index contributed by atoms with van der Waals surface area (Å²) in [5, 5.41) is 6.12. The zero-order chi connectivity index (χ0) is 16.7. The third-order valence-corrected chi connectivity index (χ3v) is 5.70. The highest BCUT2D eigenvalue weighted by Crippen LogP contribution is 2.41. The Balaban J connectivity index is 1.80.